The molecule has 1 amide bonds. The van der Waals surface area contributed by atoms with Gasteiger partial charge in [-0.25, -0.2) is 10.8 Å². The van der Waals surface area contributed by atoms with E-state index >= 15 is 0 Å². The van der Waals surface area contributed by atoms with Crippen molar-refractivity contribution in [2.45, 2.75) is 12.8 Å². The normalized spacial score (nSPS) is 10.0. The molecule has 0 aromatic carbocycles. The smallest absolute Gasteiger partial charge is 0.271 e. The number of hydrogen-bond donors (Lipinski definition) is 3. The summed E-state index contributed by atoms with van der Waals surface area (Å²) < 4.78 is 0. The molecular weight excluding hydrogens is 238 g/mol. The van der Waals surface area contributed by atoms with E-state index in [1.165, 1.54) is 12.4 Å². The van der Waals surface area contributed by atoms with Crippen LogP contribution in [0.25, 0.3) is 0 Å². The number of carbonyl (C=O) groups excluding carboxylic acids is 1. The van der Waals surface area contributed by atoms with Gasteiger partial charge in [0.1, 0.15) is 5.69 Å². The van der Waals surface area contributed by atoms with E-state index in [9.17, 15) is 4.79 Å². The fourth-order valence-corrected chi connectivity index (χ4v) is 1.70. The van der Waals surface area contributed by atoms with Crippen LogP contribution in [0.4, 0.5) is 5.82 Å². The van der Waals surface area contributed by atoms with Crippen LogP contribution in [-0.4, -0.2) is 34.4 Å². The summed E-state index contributed by atoms with van der Waals surface area (Å²) in [6.45, 7) is 0.654. The van der Waals surface area contributed by atoms with Gasteiger partial charge in [0.05, 0.1) is 12.4 Å². The number of nitrogens with zero attached hydrogens (tertiary/aromatic N) is 2. The van der Waals surface area contributed by atoms with Crippen LogP contribution in [0.3, 0.4) is 0 Å². The largest absolute Gasteiger partial charge is 0.351 e. The fourth-order valence-electron chi connectivity index (χ4n) is 1.21. The first kappa shape index (κ1) is 13.7. The van der Waals surface area contributed by atoms with Gasteiger partial charge in [-0.1, -0.05) is 0 Å². The Labute approximate surface area is 105 Å². The van der Waals surface area contributed by atoms with Gasteiger partial charge in [0.25, 0.3) is 5.91 Å². The molecule has 0 atom stereocenters. The molecule has 1 aromatic rings. The minimum atomic E-state index is -0.223. The summed E-state index contributed by atoms with van der Waals surface area (Å²) in [7, 11) is 0. The Hall–Kier alpha value is -1.34. The number of nitrogens with two attached hydrogens (primary N) is 1. The lowest BCUT2D eigenvalue weighted by molar-refractivity contribution is 0.0948. The number of unbranched alkanes of at least 4 members (excludes halogenated alkanes) is 1. The zero-order chi connectivity index (χ0) is 12.5. The Kier molecular flexibility index (Phi) is 6.34. The van der Waals surface area contributed by atoms with Gasteiger partial charge in [-0.2, -0.15) is 11.8 Å². The van der Waals surface area contributed by atoms with E-state index < -0.39 is 0 Å². The number of nitrogen functional groups attached to an aromatic ring is 1. The van der Waals surface area contributed by atoms with Gasteiger partial charge in [0, 0.05) is 6.54 Å². The quantitative estimate of drug-likeness (QED) is 0.376. The lowest BCUT2D eigenvalue weighted by atomic mass is 10.3. The molecule has 17 heavy (non-hydrogen) atoms. The first-order valence-corrected chi connectivity index (χ1v) is 6.73. The number of amides is 1. The number of hydrazine groups is 1. The van der Waals surface area contributed by atoms with E-state index in [1.807, 2.05) is 0 Å². The predicted octanol–water partition coefficient (Wildman–Crippen LogP) is 0.635. The zero-order valence-corrected chi connectivity index (χ0v) is 10.6. The van der Waals surface area contributed by atoms with Gasteiger partial charge < -0.3 is 10.7 Å². The topological polar surface area (TPSA) is 92.9 Å². The molecule has 1 aromatic heterocycles. The molecule has 0 aliphatic carbocycles. The third-order valence-electron chi connectivity index (χ3n) is 2.08. The summed E-state index contributed by atoms with van der Waals surface area (Å²) in [6, 6.07) is 0. The Morgan fingerprint density at radius 3 is 3.00 bits per heavy atom. The van der Waals surface area contributed by atoms with Crippen molar-refractivity contribution in [3.05, 3.63) is 18.1 Å². The summed E-state index contributed by atoms with van der Waals surface area (Å²) in [5, 5.41) is 2.79. The fraction of sp³-hybridized carbons (Fsp3) is 0.500. The van der Waals surface area contributed by atoms with Crippen molar-refractivity contribution in [2.24, 2.45) is 5.84 Å². The summed E-state index contributed by atoms with van der Waals surface area (Å²) >= 11 is 1.80. The average Bonchev–Trinajstić information content (AvgIpc) is 2.38. The summed E-state index contributed by atoms with van der Waals surface area (Å²) in [4.78, 5) is 19.5. The number of thioether (sulfide) groups is 1. The zero-order valence-electron chi connectivity index (χ0n) is 9.77. The average molecular weight is 255 g/mol. The molecule has 0 bridgehead atoms. The number of aromatic nitrogens is 2. The molecule has 0 spiro atoms. The molecule has 1 rings (SSSR count). The highest BCUT2D eigenvalue weighted by atomic mass is 32.2. The molecule has 4 N–H and O–H groups in total. The van der Waals surface area contributed by atoms with Crippen LogP contribution in [0.5, 0.6) is 0 Å². The molecule has 94 valence electrons. The van der Waals surface area contributed by atoms with Crippen LogP contribution >= 0.6 is 11.8 Å². The van der Waals surface area contributed by atoms with E-state index in [1.54, 1.807) is 11.8 Å². The molecule has 0 fully saturated rings. The summed E-state index contributed by atoms with van der Waals surface area (Å²) in [6.07, 6.45) is 7.00. The highest BCUT2D eigenvalue weighted by Gasteiger charge is 2.07. The number of nitrogens with one attached hydrogen (secondary N) is 2. The van der Waals surface area contributed by atoms with Crippen molar-refractivity contribution in [2.75, 3.05) is 24.0 Å². The molecule has 0 saturated carbocycles. The van der Waals surface area contributed by atoms with E-state index in [4.69, 9.17) is 5.84 Å². The Balaban J connectivity index is 2.36. The number of anilines is 1. The molecule has 7 heteroatoms. The van der Waals surface area contributed by atoms with Gasteiger partial charge in [-0.15, -0.1) is 0 Å². The lowest BCUT2D eigenvalue weighted by Gasteiger charge is -2.05. The number of carbonyl (C=O) groups is 1. The maximum absolute atomic E-state index is 11.7. The first-order valence-electron chi connectivity index (χ1n) is 5.33. The van der Waals surface area contributed by atoms with E-state index in [0.29, 0.717) is 12.4 Å². The van der Waals surface area contributed by atoms with Gasteiger partial charge in [-0.3, -0.25) is 9.78 Å². The van der Waals surface area contributed by atoms with Crippen LogP contribution in [0.15, 0.2) is 12.4 Å². The molecule has 0 radical (unpaired) electrons. The van der Waals surface area contributed by atoms with E-state index in [-0.39, 0.29) is 11.6 Å². The Morgan fingerprint density at radius 2 is 2.29 bits per heavy atom. The minimum absolute atomic E-state index is 0.223. The molecule has 0 aliphatic rings. The highest BCUT2D eigenvalue weighted by molar-refractivity contribution is 7.98. The molecule has 1 heterocycles. The second-order valence-electron chi connectivity index (χ2n) is 3.39. The second-order valence-corrected chi connectivity index (χ2v) is 4.38. The van der Waals surface area contributed by atoms with E-state index in [0.717, 1.165) is 18.6 Å². The third-order valence-corrected chi connectivity index (χ3v) is 2.77. The van der Waals surface area contributed by atoms with Crippen molar-refractivity contribution in [3.63, 3.8) is 0 Å². The standard InChI is InChI=1S/C10H17N5OS/c1-17-5-3-2-4-13-10(16)8-6-12-7-9(14-8)15-11/h6-7H,2-5,11H2,1H3,(H,13,16)(H,14,15). The van der Waals surface area contributed by atoms with Gasteiger partial charge >= 0.3 is 0 Å². The number of hydrogen-bond acceptors (Lipinski definition) is 6. The molecule has 6 nitrogen and oxygen atoms in total. The monoisotopic (exact) mass is 255 g/mol. The molecule has 0 aliphatic heterocycles. The molecule has 0 saturated heterocycles. The van der Waals surface area contributed by atoms with Crippen LogP contribution in [0.1, 0.15) is 23.3 Å². The van der Waals surface area contributed by atoms with Gasteiger partial charge in [-0.05, 0) is 24.9 Å². The highest BCUT2D eigenvalue weighted by Crippen LogP contribution is 2.01. The van der Waals surface area contributed by atoms with Crippen molar-refractivity contribution in [1.82, 2.24) is 15.3 Å². The van der Waals surface area contributed by atoms with Crippen LogP contribution in [0, 0.1) is 0 Å². The van der Waals surface area contributed by atoms with Crippen molar-refractivity contribution in [3.8, 4) is 0 Å². The Bertz CT molecular complexity index is 360. The third kappa shape index (κ3) is 5.01. The van der Waals surface area contributed by atoms with Crippen LogP contribution in [-0.2, 0) is 0 Å². The van der Waals surface area contributed by atoms with Crippen molar-refractivity contribution >= 4 is 23.5 Å². The SMILES string of the molecule is CSCCCCNC(=O)c1cncc(NN)n1. The summed E-state index contributed by atoms with van der Waals surface area (Å²) in [5.41, 5.74) is 2.62. The van der Waals surface area contributed by atoms with Crippen molar-refractivity contribution < 1.29 is 4.79 Å². The Morgan fingerprint density at radius 1 is 1.47 bits per heavy atom. The maximum Gasteiger partial charge on any atom is 0.271 e. The lowest BCUT2D eigenvalue weighted by Crippen LogP contribution is -2.26. The first-order chi connectivity index (χ1) is 8.27. The number of rotatable bonds is 7. The molecular formula is C10H17N5OS. The maximum atomic E-state index is 11.7. The predicted molar refractivity (Wildman–Crippen MR) is 69.8 cm³/mol. The summed E-state index contributed by atoms with van der Waals surface area (Å²) in [5.74, 6) is 6.45. The van der Waals surface area contributed by atoms with Crippen LogP contribution in [0.2, 0.25) is 0 Å². The van der Waals surface area contributed by atoms with Crippen LogP contribution < -0.4 is 16.6 Å². The van der Waals surface area contributed by atoms with Gasteiger partial charge in [0.15, 0.2) is 5.82 Å². The minimum Gasteiger partial charge on any atom is -0.351 e. The van der Waals surface area contributed by atoms with E-state index in [2.05, 4.69) is 27.0 Å². The second kappa shape index (κ2) is 7.86. The van der Waals surface area contributed by atoms with Gasteiger partial charge in [0.2, 0.25) is 0 Å². The molecule has 0 unspecified atom stereocenters. The van der Waals surface area contributed by atoms with Crippen molar-refractivity contribution in [1.29, 1.82) is 0 Å².